The summed E-state index contributed by atoms with van der Waals surface area (Å²) in [6, 6.07) is 0. The van der Waals surface area contributed by atoms with E-state index in [1.807, 2.05) is 0 Å². The normalized spacial score (nSPS) is 24.6. The standard InChI is InChI=1S/C16H33N5O3S/c1-18(2)25(23,24)21-9-4-6-15(14-21)16(22)17-7-5-8-20-12-10-19(3)11-13-20/h15H,4-14H2,1-3H3,(H,17,22)/t15-/m0/s1. The Balaban J connectivity index is 1.70. The van der Waals surface area contributed by atoms with Crippen LogP contribution < -0.4 is 5.32 Å². The van der Waals surface area contributed by atoms with E-state index in [9.17, 15) is 13.2 Å². The number of hydrogen-bond donors (Lipinski definition) is 1. The Morgan fingerprint density at radius 1 is 1.16 bits per heavy atom. The molecule has 1 amide bonds. The van der Waals surface area contributed by atoms with Crippen LogP contribution in [0.4, 0.5) is 0 Å². The van der Waals surface area contributed by atoms with E-state index in [-0.39, 0.29) is 18.4 Å². The van der Waals surface area contributed by atoms with Crippen molar-refractivity contribution in [1.82, 2.24) is 23.7 Å². The number of nitrogens with zero attached hydrogens (tertiary/aromatic N) is 4. The van der Waals surface area contributed by atoms with E-state index in [2.05, 4.69) is 22.2 Å². The first-order valence-corrected chi connectivity index (χ1v) is 10.6. The number of carbonyl (C=O) groups is 1. The zero-order valence-electron chi connectivity index (χ0n) is 15.8. The van der Waals surface area contributed by atoms with Gasteiger partial charge in [-0.25, -0.2) is 0 Å². The van der Waals surface area contributed by atoms with Gasteiger partial charge in [-0.15, -0.1) is 0 Å². The van der Waals surface area contributed by atoms with Crippen molar-refractivity contribution in [2.45, 2.75) is 19.3 Å². The van der Waals surface area contributed by atoms with Crippen molar-refractivity contribution in [2.24, 2.45) is 5.92 Å². The molecular formula is C16H33N5O3S. The minimum absolute atomic E-state index is 0.0166. The largest absolute Gasteiger partial charge is 0.356 e. The van der Waals surface area contributed by atoms with Crippen molar-refractivity contribution < 1.29 is 13.2 Å². The summed E-state index contributed by atoms with van der Waals surface area (Å²) >= 11 is 0. The monoisotopic (exact) mass is 375 g/mol. The van der Waals surface area contributed by atoms with Crippen LogP contribution in [0.1, 0.15) is 19.3 Å². The fourth-order valence-electron chi connectivity index (χ4n) is 3.33. The van der Waals surface area contributed by atoms with Gasteiger partial charge in [-0.2, -0.15) is 17.0 Å². The van der Waals surface area contributed by atoms with E-state index in [0.717, 1.165) is 52.0 Å². The van der Waals surface area contributed by atoms with Gasteiger partial charge in [-0.1, -0.05) is 0 Å². The number of likely N-dealkylation sites (N-methyl/N-ethyl adjacent to an activating group) is 1. The second kappa shape index (κ2) is 9.27. The molecule has 9 heteroatoms. The summed E-state index contributed by atoms with van der Waals surface area (Å²) in [6.45, 7) is 6.81. The number of nitrogens with one attached hydrogen (secondary N) is 1. The lowest BCUT2D eigenvalue weighted by Crippen LogP contribution is -2.49. The zero-order chi connectivity index (χ0) is 18.4. The molecule has 0 aromatic rings. The molecule has 0 saturated carbocycles. The highest BCUT2D eigenvalue weighted by atomic mass is 32.2. The van der Waals surface area contributed by atoms with Gasteiger partial charge in [0.2, 0.25) is 5.91 Å². The molecule has 0 aromatic carbocycles. The Labute approximate surface area is 152 Å². The lowest BCUT2D eigenvalue weighted by molar-refractivity contribution is -0.126. The van der Waals surface area contributed by atoms with E-state index in [0.29, 0.717) is 13.1 Å². The summed E-state index contributed by atoms with van der Waals surface area (Å²) in [5, 5.41) is 2.99. The number of amides is 1. The zero-order valence-corrected chi connectivity index (χ0v) is 16.6. The first-order valence-electron chi connectivity index (χ1n) is 9.17. The highest BCUT2D eigenvalue weighted by molar-refractivity contribution is 7.86. The van der Waals surface area contributed by atoms with Crippen molar-refractivity contribution in [3.8, 4) is 0 Å². The third-order valence-corrected chi connectivity index (χ3v) is 7.00. The summed E-state index contributed by atoms with van der Waals surface area (Å²) in [4.78, 5) is 17.1. The van der Waals surface area contributed by atoms with Gasteiger partial charge in [0.15, 0.2) is 0 Å². The molecule has 2 rings (SSSR count). The van der Waals surface area contributed by atoms with Gasteiger partial charge in [0.25, 0.3) is 10.2 Å². The van der Waals surface area contributed by atoms with Crippen molar-refractivity contribution >= 4 is 16.1 Å². The predicted octanol–water partition coefficient (Wildman–Crippen LogP) is -0.741. The van der Waals surface area contributed by atoms with Gasteiger partial charge in [-0.05, 0) is 32.9 Å². The molecule has 0 bridgehead atoms. The van der Waals surface area contributed by atoms with E-state index >= 15 is 0 Å². The van der Waals surface area contributed by atoms with Crippen LogP contribution in [0.25, 0.3) is 0 Å². The second-order valence-electron chi connectivity index (χ2n) is 7.28. The molecule has 0 spiro atoms. The highest BCUT2D eigenvalue weighted by Crippen LogP contribution is 2.20. The Bertz CT molecular complexity index is 532. The average Bonchev–Trinajstić information content (AvgIpc) is 2.60. The molecule has 2 fully saturated rings. The molecule has 146 valence electrons. The van der Waals surface area contributed by atoms with E-state index in [4.69, 9.17) is 0 Å². The first-order chi connectivity index (χ1) is 11.8. The van der Waals surface area contributed by atoms with Crippen LogP contribution in [-0.2, 0) is 15.0 Å². The summed E-state index contributed by atoms with van der Waals surface area (Å²) in [6.07, 6.45) is 2.41. The smallest absolute Gasteiger partial charge is 0.281 e. The summed E-state index contributed by atoms with van der Waals surface area (Å²) in [5.41, 5.74) is 0. The molecule has 0 radical (unpaired) electrons. The first kappa shape index (κ1) is 20.6. The molecule has 0 aliphatic carbocycles. The van der Waals surface area contributed by atoms with Crippen LogP contribution in [0.15, 0.2) is 0 Å². The molecule has 8 nitrogen and oxygen atoms in total. The summed E-state index contributed by atoms with van der Waals surface area (Å²) in [5.74, 6) is -0.260. The third kappa shape index (κ3) is 5.89. The molecule has 1 atom stereocenters. The molecule has 0 unspecified atom stereocenters. The van der Waals surface area contributed by atoms with Crippen LogP contribution in [0.3, 0.4) is 0 Å². The Morgan fingerprint density at radius 3 is 2.48 bits per heavy atom. The summed E-state index contributed by atoms with van der Waals surface area (Å²) in [7, 11) is 1.76. The van der Waals surface area contributed by atoms with Crippen LogP contribution in [-0.4, -0.2) is 106 Å². The van der Waals surface area contributed by atoms with E-state index in [1.54, 1.807) is 0 Å². The van der Waals surface area contributed by atoms with Crippen molar-refractivity contribution in [3.63, 3.8) is 0 Å². The van der Waals surface area contributed by atoms with Crippen molar-refractivity contribution in [1.29, 1.82) is 0 Å². The number of carbonyl (C=O) groups excluding carboxylic acids is 1. The molecule has 2 heterocycles. The maximum atomic E-state index is 12.4. The maximum absolute atomic E-state index is 12.4. The fraction of sp³-hybridized carbons (Fsp3) is 0.938. The van der Waals surface area contributed by atoms with Crippen LogP contribution in [0, 0.1) is 5.92 Å². The van der Waals surface area contributed by atoms with Gasteiger partial charge in [0.1, 0.15) is 0 Å². The van der Waals surface area contributed by atoms with Gasteiger partial charge < -0.3 is 15.1 Å². The number of piperidine rings is 1. The molecule has 2 aliphatic rings. The van der Waals surface area contributed by atoms with Gasteiger partial charge >= 0.3 is 0 Å². The highest BCUT2D eigenvalue weighted by Gasteiger charge is 2.33. The van der Waals surface area contributed by atoms with Crippen molar-refractivity contribution in [3.05, 3.63) is 0 Å². The minimum atomic E-state index is -3.43. The fourth-order valence-corrected chi connectivity index (χ4v) is 4.52. The lowest BCUT2D eigenvalue weighted by Gasteiger charge is -2.33. The Kier molecular flexibility index (Phi) is 7.63. The minimum Gasteiger partial charge on any atom is -0.356 e. The molecular weight excluding hydrogens is 342 g/mol. The van der Waals surface area contributed by atoms with Crippen molar-refractivity contribution in [2.75, 3.05) is 73.5 Å². The average molecular weight is 376 g/mol. The van der Waals surface area contributed by atoms with Crippen LogP contribution in [0.5, 0.6) is 0 Å². The summed E-state index contributed by atoms with van der Waals surface area (Å²) < 4.78 is 27.1. The lowest BCUT2D eigenvalue weighted by atomic mass is 9.99. The van der Waals surface area contributed by atoms with E-state index in [1.165, 1.54) is 22.7 Å². The molecule has 25 heavy (non-hydrogen) atoms. The van der Waals surface area contributed by atoms with E-state index < -0.39 is 10.2 Å². The number of hydrogen-bond acceptors (Lipinski definition) is 5. The topological polar surface area (TPSA) is 76.2 Å². The van der Waals surface area contributed by atoms with Gasteiger partial charge in [-0.3, -0.25) is 4.79 Å². The second-order valence-corrected chi connectivity index (χ2v) is 9.42. The van der Waals surface area contributed by atoms with Crippen LogP contribution >= 0.6 is 0 Å². The van der Waals surface area contributed by atoms with Gasteiger partial charge in [0, 0.05) is 59.9 Å². The SMILES string of the molecule is CN1CCN(CCCNC(=O)[C@H]2CCCN(S(=O)(=O)N(C)C)C2)CC1. The quantitative estimate of drug-likeness (QED) is 0.593. The molecule has 1 N–H and O–H groups in total. The Hall–Kier alpha value is -0.740. The predicted molar refractivity (Wildman–Crippen MR) is 98.5 cm³/mol. The molecule has 0 aromatic heterocycles. The van der Waals surface area contributed by atoms with Gasteiger partial charge in [0.05, 0.1) is 5.92 Å². The maximum Gasteiger partial charge on any atom is 0.281 e. The Morgan fingerprint density at radius 2 is 1.84 bits per heavy atom. The van der Waals surface area contributed by atoms with Crippen LogP contribution in [0.2, 0.25) is 0 Å². The molecule has 2 saturated heterocycles. The number of piperazine rings is 1. The third-order valence-electron chi connectivity index (χ3n) is 5.09. The number of rotatable bonds is 7. The molecule has 2 aliphatic heterocycles.